The lowest BCUT2D eigenvalue weighted by Gasteiger charge is -2.11. The Hall–Kier alpha value is -3.02. The van der Waals surface area contributed by atoms with E-state index in [4.69, 9.17) is 0 Å². The molecule has 116 valence electrons. The normalized spacial score (nSPS) is 10.4. The van der Waals surface area contributed by atoms with Crippen molar-refractivity contribution in [2.45, 2.75) is 13.8 Å². The van der Waals surface area contributed by atoms with Crippen LogP contribution in [0.25, 0.3) is 0 Å². The Kier molecular flexibility index (Phi) is 4.14. The molecule has 3 rings (SSSR count). The topological polar surface area (TPSA) is 62.7 Å². The van der Waals surface area contributed by atoms with Gasteiger partial charge in [0.2, 0.25) is 5.95 Å². The van der Waals surface area contributed by atoms with E-state index in [1.54, 1.807) is 18.3 Å². The van der Waals surface area contributed by atoms with Gasteiger partial charge < -0.3 is 10.6 Å². The third-order valence-electron chi connectivity index (χ3n) is 3.53. The molecule has 0 bridgehead atoms. The van der Waals surface area contributed by atoms with Gasteiger partial charge in [-0.1, -0.05) is 12.1 Å². The molecule has 23 heavy (non-hydrogen) atoms. The van der Waals surface area contributed by atoms with Crippen molar-refractivity contribution in [2.24, 2.45) is 0 Å². The maximum atomic E-state index is 12.9. The Labute approximate surface area is 133 Å². The van der Waals surface area contributed by atoms with E-state index >= 15 is 0 Å². The van der Waals surface area contributed by atoms with Crippen LogP contribution in [0.4, 0.5) is 27.5 Å². The average molecular weight is 309 g/mol. The van der Waals surface area contributed by atoms with Crippen molar-refractivity contribution in [3.05, 3.63) is 65.6 Å². The number of aryl methyl sites for hydroxylation is 1. The summed E-state index contributed by atoms with van der Waals surface area (Å²) in [4.78, 5) is 4.37. The van der Waals surface area contributed by atoms with Crippen LogP contribution in [-0.4, -0.2) is 15.2 Å². The lowest BCUT2D eigenvalue weighted by Crippen LogP contribution is -2.03. The number of nitrogens with one attached hydrogen (secondary N) is 2. The highest BCUT2D eigenvalue weighted by Crippen LogP contribution is 2.22. The van der Waals surface area contributed by atoms with Gasteiger partial charge >= 0.3 is 0 Å². The average Bonchev–Trinajstić information content (AvgIpc) is 2.54. The summed E-state index contributed by atoms with van der Waals surface area (Å²) in [6.07, 6.45) is 1.55. The van der Waals surface area contributed by atoms with Crippen molar-refractivity contribution < 1.29 is 4.39 Å². The quantitative estimate of drug-likeness (QED) is 0.759. The van der Waals surface area contributed by atoms with Crippen LogP contribution < -0.4 is 10.6 Å². The summed E-state index contributed by atoms with van der Waals surface area (Å²) in [7, 11) is 0. The molecule has 1 aromatic heterocycles. The minimum Gasteiger partial charge on any atom is -0.339 e. The van der Waals surface area contributed by atoms with Gasteiger partial charge in [-0.3, -0.25) is 0 Å². The summed E-state index contributed by atoms with van der Waals surface area (Å²) in [6.45, 7) is 4.10. The standard InChI is InChI=1S/C17H16FN5/c1-11-4-3-5-15(12(11)2)21-16-10-19-23-17(22-16)20-14-8-6-13(18)7-9-14/h3-10H,1-2H3,(H2,20,21,22,23). The summed E-state index contributed by atoms with van der Waals surface area (Å²) in [5, 5.41) is 14.1. The first-order chi connectivity index (χ1) is 11.1. The fourth-order valence-electron chi connectivity index (χ4n) is 2.10. The van der Waals surface area contributed by atoms with Crippen LogP contribution in [0.5, 0.6) is 0 Å². The van der Waals surface area contributed by atoms with E-state index in [-0.39, 0.29) is 5.82 Å². The molecule has 0 fully saturated rings. The number of benzene rings is 2. The predicted octanol–water partition coefficient (Wildman–Crippen LogP) is 4.11. The van der Waals surface area contributed by atoms with Crippen molar-refractivity contribution in [1.82, 2.24) is 15.2 Å². The highest BCUT2D eigenvalue weighted by molar-refractivity contribution is 5.62. The molecule has 0 radical (unpaired) electrons. The molecule has 0 atom stereocenters. The van der Waals surface area contributed by atoms with Gasteiger partial charge in [-0.2, -0.15) is 10.1 Å². The van der Waals surface area contributed by atoms with E-state index in [0.717, 1.165) is 11.3 Å². The van der Waals surface area contributed by atoms with Crippen LogP contribution in [0.1, 0.15) is 11.1 Å². The summed E-state index contributed by atoms with van der Waals surface area (Å²) in [5.74, 6) is 0.630. The predicted molar refractivity (Wildman–Crippen MR) is 88.7 cm³/mol. The van der Waals surface area contributed by atoms with Crippen LogP contribution in [0.2, 0.25) is 0 Å². The summed E-state index contributed by atoms with van der Waals surface area (Å²) >= 11 is 0. The fraction of sp³-hybridized carbons (Fsp3) is 0.118. The largest absolute Gasteiger partial charge is 0.339 e. The molecule has 0 aliphatic heterocycles. The zero-order valence-electron chi connectivity index (χ0n) is 12.8. The summed E-state index contributed by atoms with van der Waals surface area (Å²) < 4.78 is 12.9. The Bertz CT molecular complexity index is 817. The van der Waals surface area contributed by atoms with E-state index < -0.39 is 0 Å². The molecule has 0 aliphatic carbocycles. The third kappa shape index (κ3) is 3.60. The molecule has 0 unspecified atom stereocenters. The molecule has 3 aromatic rings. The molecule has 2 N–H and O–H groups in total. The number of halogens is 1. The second-order valence-electron chi connectivity index (χ2n) is 5.17. The number of rotatable bonds is 4. The van der Waals surface area contributed by atoms with Crippen LogP contribution in [0.15, 0.2) is 48.7 Å². The van der Waals surface area contributed by atoms with Gasteiger partial charge in [0.1, 0.15) is 5.82 Å². The molecule has 0 saturated carbocycles. The lowest BCUT2D eigenvalue weighted by molar-refractivity contribution is 0.628. The Morgan fingerprint density at radius 3 is 2.52 bits per heavy atom. The molecule has 0 amide bonds. The van der Waals surface area contributed by atoms with E-state index in [1.165, 1.54) is 17.7 Å². The van der Waals surface area contributed by atoms with Crippen LogP contribution >= 0.6 is 0 Å². The second kappa shape index (κ2) is 6.39. The monoisotopic (exact) mass is 309 g/mol. The third-order valence-corrected chi connectivity index (χ3v) is 3.53. The first-order valence-electron chi connectivity index (χ1n) is 7.17. The molecular formula is C17H16FN5. The maximum absolute atomic E-state index is 12.9. The Morgan fingerprint density at radius 2 is 1.74 bits per heavy atom. The van der Waals surface area contributed by atoms with Crippen molar-refractivity contribution >= 4 is 23.1 Å². The summed E-state index contributed by atoms with van der Waals surface area (Å²) in [6, 6.07) is 12.0. The van der Waals surface area contributed by atoms with E-state index in [2.05, 4.69) is 38.8 Å². The van der Waals surface area contributed by atoms with Gasteiger partial charge in [0, 0.05) is 11.4 Å². The molecule has 2 aromatic carbocycles. The van der Waals surface area contributed by atoms with Gasteiger partial charge in [0.15, 0.2) is 5.82 Å². The minimum absolute atomic E-state index is 0.292. The number of hydrogen-bond donors (Lipinski definition) is 2. The fourth-order valence-corrected chi connectivity index (χ4v) is 2.10. The van der Waals surface area contributed by atoms with Gasteiger partial charge in [0.25, 0.3) is 0 Å². The molecular weight excluding hydrogens is 293 g/mol. The lowest BCUT2D eigenvalue weighted by atomic mass is 10.1. The van der Waals surface area contributed by atoms with E-state index in [9.17, 15) is 4.39 Å². The SMILES string of the molecule is Cc1cccc(Nc2cnnc(Nc3ccc(F)cc3)n2)c1C. The van der Waals surface area contributed by atoms with Crippen molar-refractivity contribution in [1.29, 1.82) is 0 Å². The highest BCUT2D eigenvalue weighted by Gasteiger charge is 2.05. The summed E-state index contributed by atoms with van der Waals surface area (Å²) in [5.41, 5.74) is 4.01. The van der Waals surface area contributed by atoms with E-state index in [1.807, 2.05) is 19.1 Å². The molecule has 0 spiro atoms. The molecule has 6 heteroatoms. The molecule has 0 saturated heterocycles. The Morgan fingerprint density at radius 1 is 0.957 bits per heavy atom. The van der Waals surface area contributed by atoms with Crippen LogP contribution in [0.3, 0.4) is 0 Å². The van der Waals surface area contributed by atoms with Gasteiger partial charge in [-0.05, 0) is 55.3 Å². The molecule has 0 aliphatic rings. The van der Waals surface area contributed by atoms with E-state index in [0.29, 0.717) is 17.5 Å². The first-order valence-corrected chi connectivity index (χ1v) is 7.17. The maximum Gasteiger partial charge on any atom is 0.249 e. The highest BCUT2D eigenvalue weighted by atomic mass is 19.1. The van der Waals surface area contributed by atoms with Crippen molar-refractivity contribution in [3.63, 3.8) is 0 Å². The van der Waals surface area contributed by atoms with Crippen molar-refractivity contribution in [3.8, 4) is 0 Å². The Balaban J connectivity index is 1.79. The second-order valence-corrected chi connectivity index (χ2v) is 5.17. The number of hydrogen-bond acceptors (Lipinski definition) is 5. The number of aromatic nitrogens is 3. The van der Waals surface area contributed by atoms with Crippen LogP contribution in [-0.2, 0) is 0 Å². The molecule has 5 nitrogen and oxygen atoms in total. The number of anilines is 4. The first kappa shape index (κ1) is 14.9. The smallest absolute Gasteiger partial charge is 0.249 e. The number of nitrogens with zero attached hydrogens (tertiary/aromatic N) is 3. The van der Waals surface area contributed by atoms with Gasteiger partial charge in [-0.15, -0.1) is 5.10 Å². The molecule has 1 heterocycles. The zero-order valence-corrected chi connectivity index (χ0v) is 12.8. The van der Waals surface area contributed by atoms with Gasteiger partial charge in [-0.25, -0.2) is 4.39 Å². The van der Waals surface area contributed by atoms with Crippen LogP contribution in [0, 0.1) is 19.7 Å². The minimum atomic E-state index is -0.292. The zero-order chi connectivity index (χ0) is 16.2. The van der Waals surface area contributed by atoms with Gasteiger partial charge in [0.05, 0.1) is 6.20 Å². The van der Waals surface area contributed by atoms with Crippen molar-refractivity contribution in [2.75, 3.05) is 10.6 Å².